The lowest BCUT2D eigenvalue weighted by atomic mass is 10.1. The van der Waals surface area contributed by atoms with E-state index < -0.39 is 0 Å². The fraction of sp³-hybridized carbons (Fsp3) is 0.600. The maximum atomic E-state index is 10.2. The highest BCUT2D eigenvalue weighted by molar-refractivity contribution is 6.31. The third-order valence-electron chi connectivity index (χ3n) is 3.80. The Bertz CT molecular complexity index is 436. The number of hydrogen-bond acceptors (Lipinski definition) is 3. The number of hydrogen-bond donors (Lipinski definition) is 2. The lowest BCUT2D eigenvalue weighted by Crippen LogP contribution is -2.32. The highest BCUT2D eigenvalue weighted by Gasteiger charge is 2.22. The van der Waals surface area contributed by atoms with Crippen molar-refractivity contribution in [2.45, 2.75) is 51.2 Å². The maximum absolute atomic E-state index is 10.2. The average molecular weight is 284 g/mol. The van der Waals surface area contributed by atoms with Gasteiger partial charge < -0.3 is 15.2 Å². The quantitative estimate of drug-likeness (QED) is 0.830. The van der Waals surface area contributed by atoms with Gasteiger partial charge in [0.15, 0.2) is 0 Å². The van der Waals surface area contributed by atoms with Crippen molar-refractivity contribution in [3.05, 3.63) is 22.7 Å². The number of methoxy groups -OCH3 is 1. The van der Waals surface area contributed by atoms with E-state index in [1.54, 1.807) is 7.11 Å². The predicted octanol–water partition coefficient (Wildman–Crippen LogP) is 3.76. The van der Waals surface area contributed by atoms with E-state index in [-0.39, 0.29) is 12.1 Å². The number of ether oxygens (including phenoxy) is 1. The zero-order valence-electron chi connectivity index (χ0n) is 11.6. The van der Waals surface area contributed by atoms with Crippen molar-refractivity contribution in [2.24, 2.45) is 0 Å². The van der Waals surface area contributed by atoms with Gasteiger partial charge in [0.1, 0.15) is 5.75 Å². The van der Waals surface area contributed by atoms with Gasteiger partial charge in [0.05, 0.1) is 24.9 Å². The molecule has 2 rings (SSSR count). The Hall–Kier alpha value is -0.930. The van der Waals surface area contributed by atoms with E-state index >= 15 is 0 Å². The molecule has 1 aliphatic carbocycles. The summed E-state index contributed by atoms with van der Waals surface area (Å²) in [5.74, 6) is 0.729. The number of aliphatic hydroxyl groups excluding tert-OH is 1. The number of benzene rings is 1. The van der Waals surface area contributed by atoms with Crippen LogP contribution >= 0.6 is 11.6 Å². The molecule has 0 heterocycles. The van der Waals surface area contributed by atoms with Gasteiger partial charge in [-0.2, -0.15) is 0 Å². The number of nitrogens with one attached hydrogen (secondary N) is 1. The highest BCUT2D eigenvalue weighted by atomic mass is 35.5. The van der Waals surface area contributed by atoms with Crippen LogP contribution in [0.25, 0.3) is 0 Å². The number of rotatable bonds is 3. The van der Waals surface area contributed by atoms with Gasteiger partial charge in [0, 0.05) is 11.1 Å². The molecule has 1 saturated carbocycles. The maximum Gasteiger partial charge on any atom is 0.143 e. The van der Waals surface area contributed by atoms with Gasteiger partial charge in [0.25, 0.3) is 0 Å². The molecule has 3 nitrogen and oxygen atoms in total. The van der Waals surface area contributed by atoms with Crippen LogP contribution in [-0.2, 0) is 0 Å². The van der Waals surface area contributed by atoms with E-state index in [1.165, 1.54) is 6.42 Å². The van der Waals surface area contributed by atoms with E-state index in [0.717, 1.165) is 42.7 Å². The fourth-order valence-corrected chi connectivity index (χ4v) is 2.75. The first-order valence-electron chi connectivity index (χ1n) is 6.90. The van der Waals surface area contributed by atoms with Crippen LogP contribution in [0.1, 0.15) is 37.7 Å². The number of anilines is 1. The molecule has 1 aliphatic rings. The molecular formula is C15H22ClNO2. The normalized spacial score (nSPS) is 23.8. The smallest absolute Gasteiger partial charge is 0.143 e. The largest absolute Gasteiger partial charge is 0.495 e. The Kier molecular flexibility index (Phi) is 4.94. The second-order valence-electron chi connectivity index (χ2n) is 5.26. The minimum atomic E-state index is -0.289. The molecule has 0 spiro atoms. The second kappa shape index (κ2) is 6.49. The minimum Gasteiger partial charge on any atom is -0.495 e. The van der Waals surface area contributed by atoms with Gasteiger partial charge in [-0.1, -0.05) is 30.9 Å². The van der Waals surface area contributed by atoms with Crippen LogP contribution in [0, 0.1) is 6.92 Å². The molecule has 19 heavy (non-hydrogen) atoms. The molecule has 1 aromatic carbocycles. The van der Waals surface area contributed by atoms with Crippen molar-refractivity contribution in [1.82, 2.24) is 0 Å². The van der Waals surface area contributed by atoms with E-state index in [9.17, 15) is 5.11 Å². The van der Waals surface area contributed by atoms with Crippen LogP contribution in [-0.4, -0.2) is 24.4 Å². The molecule has 0 saturated heterocycles. The van der Waals surface area contributed by atoms with Gasteiger partial charge in [-0.3, -0.25) is 0 Å². The molecule has 106 valence electrons. The Morgan fingerprint density at radius 1 is 1.26 bits per heavy atom. The summed E-state index contributed by atoms with van der Waals surface area (Å²) in [6, 6.07) is 3.90. The number of aryl methyl sites for hydroxylation is 1. The first-order chi connectivity index (χ1) is 9.11. The third kappa shape index (κ3) is 3.54. The summed E-state index contributed by atoms with van der Waals surface area (Å²) in [7, 11) is 1.63. The lowest BCUT2D eigenvalue weighted by molar-refractivity contribution is 0.144. The van der Waals surface area contributed by atoms with Gasteiger partial charge in [-0.15, -0.1) is 0 Å². The molecule has 2 N–H and O–H groups in total. The van der Waals surface area contributed by atoms with Gasteiger partial charge in [-0.05, 0) is 31.4 Å². The second-order valence-corrected chi connectivity index (χ2v) is 5.67. The number of halogens is 1. The summed E-state index contributed by atoms with van der Waals surface area (Å²) in [5, 5.41) is 14.3. The Morgan fingerprint density at radius 3 is 2.74 bits per heavy atom. The molecule has 2 unspecified atom stereocenters. The number of aliphatic hydroxyl groups is 1. The molecule has 2 atom stereocenters. The van der Waals surface area contributed by atoms with E-state index in [2.05, 4.69) is 5.32 Å². The summed E-state index contributed by atoms with van der Waals surface area (Å²) in [6.45, 7) is 1.97. The monoisotopic (exact) mass is 283 g/mol. The Morgan fingerprint density at radius 2 is 2.00 bits per heavy atom. The minimum absolute atomic E-state index is 0.0944. The standard InChI is InChI=1S/C15H22ClNO2/c1-10-8-13(15(19-2)9-11(10)16)17-12-6-4-3-5-7-14(12)18/h8-9,12,14,17-18H,3-7H2,1-2H3. The summed E-state index contributed by atoms with van der Waals surface area (Å²) < 4.78 is 5.36. The molecule has 0 aliphatic heterocycles. The van der Waals surface area contributed by atoms with Crippen LogP contribution in [0.3, 0.4) is 0 Å². The van der Waals surface area contributed by atoms with Crippen LogP contribution in [0.15, 0.2) is 12.1 Å². The first-order valence-corrected chi connectivity index (χ1v) is 7.28. The van der Waals surface area contributed by atoms with Gasteiger partial charge in [0.2, 0.25) is 0 Å². The summed E-state index contributed by atoms with van der Waals surface area (Å²) in [6.07, 6.45) is 5.04. The average Bonchev–Trinajstić information content (AvgIpc) is 2.59. The molecule has 0 radical (unpaired) electrons. The fourth-order valence-electron chi connectivity index (χ4n) is 2.60. The summed E-state index contributed by atoms with van der Waals surface area (Å²) >= 11 is 6.10. The zero-order valence-corrected chi connectivity index (χ0v) is 12.3. The third-order valence-corrected chi connectivity index (χ3v) is 4.21. The SMILES string of the molecule is COc1cc(Cl)c(C)cc1NC1CCCCCC1O. The molecule has 0 amide bonds. The van der Waals surface area contributed by atoms with Crippen molar-refractivity contribution in [1.29, 1.82) is 0 Å². The zero-order chi connectivity index (χ0) is 13.8. The Labute approximate surface area is 119 Å². The topological polar surface area (TPSA) is 41.5 Å². The molecule has 4 heteroatoms. The van der Waals surface area contributed by atoms with Crippen LogP contribution in [0.4, 0.5) is 5.69 Å². The summed E-state index contributed by atoms with van der Waals surface area (Å²) in [4.78, 5) is 0. The predicted molar refractivity (Wildman–Crippen MR) is 79.2 cm³/mol. The van der Waals surface area contributed by atoms with Gasteiger partial charge >= 0.3 is 0 Å². The molecule has 0 bridgehead atoms. The first kappa shape index (κ1) is 14.5. The van der Waals surface area contributed by atoms with E-state index in [0.29, 0.717) is 5.02 Å². The van der Waals surface area contributed by atoms with Crippen molar-refractivity contribution < 1.29 is 9.84 Å². The highest BCUT2D eigenvalue weighted by Crippen LogP contribution is 2.33. The lowest BCUT2D eigenvalue weighted by Gasteiger charge is -2.24. The summed E-state index contributed by atoms with van der Waals surface area (Å²) in [5.41, 5.74) is 1.92. The molecule has 1 fully saturated rings. The Balaban J connectivity index is 2.19. The van der Waals surface area contributed by atoms with Crippen LogP contribution in [0.5, 0.6) is 5.75 Å². The molecule has 1 aromatic rings. The van der Waals surface area contributed by atoms with Crippen molar-refractivity contribution in [2.75, 3.05) is 12.4 Å². The van der Waals surface area contributed by atoms with E-state index in [1.807, 2.05) is 19.1 Å². The van der Waals surface area contributed by atoms with Crippen molar-refractivity contribution >= 4 is 17.3 Å². The van der Waals surface area contributed by atoms with Crippen LogP contribution in [0.2, 0.25) is 5.02 Å². The van der Waals surface area contributed by atoms with Crippen LogP contribution < -0.4 is 10.1 Å². The van der Waals surface area contributed by atoms with Crippen molar-refractivity contribution in [3.8, 4) is 5.75 Å². The molecule has 0 aromatic heterocycles. The van der Waals surface area contributed by atoms with Gasteiger partial charge in [-0.25, -0.2) is 0 Å². The van der Waals surface area contributed by atoms with E-state index in [4.69, 9.17) is 16.3 Å². The molecular weight excluding hydrogens is 262 g/mol. The van der Waals surface area contributed by atoms with Crippen molar-refractivity contribution in [3.63, 3.8) is 0 Å².